The van der Waals surface area contributed by atoms with E-state index in [2.05, 4.69) is 0 Å². The molecule has 3 aromatic rings. The van der Waals surface area contributed by atoms with E-state index >= 15 is 0 Å². The lowest BCUT2D eigenvalue weighted by atomic mass is 10.0. The van der Waals surface area contributed by atoms with Crippen LogP contribution >= 0.6 is 23.7 Å². The van der Waals surface area contributed by atoms with Crippen LogP contribution < -0.4 is 9.64 Å². The number of anilines is 1. The van der Waals surface area contributed by atoms with E-state index in [4.69, 9.17) is 9.72 Å². The Morgan fingerprint density at radius 1 is 1.13 bits per heavy atom. The molecule has 1 aliphatic heterocycles. The topological polar surface area (TPSA) is 83.1 Å². The summed E-state index contributed by atoms with van der Waals surface area (Å²) in [6, 6.07) is 10.2. The zero-order valence-corrected chi connectivity index (χ0v) is 25.1. The van der Waals surface area contributed by atoms with Crippen LogP contribution in [0, 0.1) is 6.92 Å². The Labute approximate surface area is 236 Å². The number of rotatable bonds is 9. The summed E-state index contributed by atoms with van der Waals surface area (Å²) in [5, 5.41) is 0.588. The maximum Gasteiger partial charge on any atom is 0.260 e. The van der Waals surface area contributed by atoms with Gasteiger partial charge in [0.25, 0.3) is 5.91 Å². The average Bonchev–Trinajstić information content (AvgIpc) is 3.35. The summed E-state index contributed by atoms with van der Waals surface area (Å²) in [7, 11) is 1.91. The summed E-state index contributed by atoms with van der Waals surface area (Å²) < 4.78 is 34.8. The van der Waals surface area contributed by atoms with Crippen molar-refractivity contribution in [2.75, 3.05) is 45.7 Å². The van der Waals surface area contributed by atoms with Gasteiger partial charge in [0.1, 0.15) is 11.3 Å². The molecule has 1 saturated heterocycles. The number of piperidine rings is 1. The minimum Gasteiger partial charge on any atom is -0.494 e. The number of carbonyl (C=O) groups excluding carboxylic acids is 1. The number of hydrogen-bond acceptors (Lipinski definition) is 7. The van der Waals surface area contributed by atoms with Crippen molar-refractivity contribution >= 4 is 55.0 Å². The molecule has 11 heteroatoms. The van der Waals surface area contributed by atoms with Gasteiger partial charge in [0.15, 0.2) is 5.13 Å². The van der Waals surface area contributed by atoms with Crippen molar-refractivity contribution < 1.29 is 17.9 Å². The quantitative estimate of drug-likeness (QED) is 0.346. The van der Waals surface area contributed by atoms with E-state index in [1.807, 2.05) is 45.0 Å². The number of benzene rings is 2. The molecule has 8 nitrogen and oxygen atoms in total. The van der Waals surface area contributed by atoms with Gasteiger partial charge in [0, 0.05) is 31.2 Å². The maximum atomic E-state index is 13.7. The number of fused-ring (bicyclic) bond motifs is 1. The summed E-state index contributed by atoms with van der Waals surface area (Å²) >= 11 is 1.46. The van der Waals surface area contributed by atoms with Crippen molar-refractivity contribution in [3.63, 3.8) is 0 Å². The number of sulfonamides is 1. The third-order valence-corrected chi connectivity index (χ3v) is 10.1. The molecule has 2 aromatic carbocycles. The molecule has 1 amide bonds. The number of methoxy groups -OCH3 is 1. The number of thiazole rings is 1. The van der Waals surface area contributed by atoms with Gasteiger partial charge in [-0.25, -0.2) is 13.4 Å². The van der Waals surface area contributed by atoms with Gasteiger partial charge in [-0.15, -0.1) is 12.4 Å². The predicted molar refractivity (Wildman–Crippen MR) is 157 cm³/mol. The number of nitrogens with zero attached hydrogens (tertiary/aromatic N) is 4. The second-order valence-electron chi connectivity index (χ2n) is 9.72. The largest absolute Gasteiger partial charge is 0.494 e. The van der Waals surface area contributed by atoms with Crippen LogP contribution in [0.1, 0.15) is 48.5 Å². The highest BCUT2D eigenvalue weighted by atomic mass is 35.5. The standard InChI is InChI=1S/C27H36N4O4S2.ClH/c1-6-21-9-7-8-16-31(21)37(33,34)22-13-11-20(12-14-22)26(32)30(18-17-29(3)4)27-28-24-23(35-5)15-10-19(2)25(24)36-27;/h10-15,21H,6-9,16-18H2,1-5H3;1H. The first-order chi connectivity index (χ1) is 17.7. The van der Waals surface area contributed by atoms with Crippen molar-refractivity contribution in [3.8, 4) is 5.75 Å². The number of ether oxygens (including phenoxy) is 1. The molecular weight excluding hydrogens is 544 g/mol. The van der Waals surface area contributed by atoms with Crippen LogP contribution in [0.3, 0.4) is 0 Å². The van der Waals surface area contributed by atoms with E-state index in [1.165, 1.54) is 11.3 Å². The van der Waals surface area contributed by atoms with Gasteiger partial charge in [0.05, 0.1) is 16.7 Å². The molecule has 1 unspecified atom stereocenters. The first-order valence-corrected chi connectivity index (χ1v) is 15.0. The van der Waals surface area contributed by atoms with Gasteiger partial charge in [-0.2, -0.15) is 4.31 Å². The molecule has 2 heterocycles. The second-order valence-corrected chi connectivity index (χ2v) is 12.6. The van der Waals surface area contributed by atoms with Gasteiger partial charge in [0.2, 0.25) is 10.0 Å². The molecule has 0 bridgehead atoms. The zero-order valence-electron chi connectivity index (χ0n) is 22.6. The molecule has 1 fully saturated rings. The fourth-order valence-corrected chi connectivity index (χ4v) is 7.56. The number of amides is 1. The molecule has 38 heavy (non-hydrogen) atoms. The summed E-state index contributed by atoms with van der Waals surface area (Å²) in [5.74, 6) is 0.451. The number of hydrogen-bond donors (Lipinski definition) is 0. The van der Waals surface area contributed by atoms with E-state index in [-0.39, 0.29) is 29.3 Å². The molecule has 0 saturated carbocycles. The van der Waals surface area contributed by atoms with E-state index in [0.29, 0.717) is 36.1 Å². The fraction of sp³-hybridized carbons (Fsp3) is 0.481. The molecule has 208 valence electrons. The Kier molecular flexibility index (Phi) is 10.2. The molecule has 1 atom stereocenters. The molecule has 0 radical (unpaired) electrons. The number of likely N-dealkylation sites (N-methyl/N-ethyl adjacent to an activating group) is 1. The highest BCUT2D eigenvalue weighted by Gasteiger charge is 2.32. The number of aromatic nitrogens is 1. The summed E-state index contributed by atoms with van der Waals surface area (Å²) in [4.78, 5) is 22.4. The Balaban J connectivity index is 0.00000400. The normalized spacial score (nSPS) is 16.4. The van der Waals surface area contributed by atoms with Crippen molar-refractivity contribution in [1.29, 1.82) is 0 Å². The Hall–Kier alpha value is -2.24. The Morgan fingerprint density at radius 2 is 1.84 bits per heavy atom. The first-order valence-electron chi connectivity index (χ1n) is 12.7. The average molecular weight is 581 g/mol. The third-order valence-electron chi connectivity index (χ3n) is 6.91. The van der Waals surface area contributed by atoms with E-state index < -0.39 is 10.0 Å². The van der Waals surface area contributed by atoms with Gasteiger partial charge in [-0.1, -0.05) is 30.7 Å². The zero-order chi connectivity index (χ0) is 26.7. The van der Waals surface area contributed by atoms with Crippen LogP contribution in [0.5, 0.6) is 5.75 Å². The molecule has 4 rings (SSSR count). The minimum atomic E-state index is -3.61. The fourth-order valence-electron chi connectivity index (χ4n) is 4.72. The maximum absolute atomic E-state index is 13.7. The van der Waals surface area contributed by atoms with Crippen molar-refractivity contribution in [3.05, 3.63) is 47.5 Å². The lowest BCUT2D eigenvalue weighted by molar-refractivity contribution is 0.0985. The molecule has 1 aliphatic rings. The van der Waals surface area contributed by atoms with Crippen molar-refractivity contribution in [2.24, 2.45) is 0 Å². The van der Waals surface area contributed by atoms with Crippen LogP contribution in [-0.2, 0) is 10.0 Å². The first kappa shape index (κ1) is 30.3. The van der Waals surface area contributed by atoms with Crippen molar-refractivity contribution in [1.82, 2.24) is 14.2 Å². The Bertz CT molecular complexity index is 1360. The van der Waals surface area contributed by atoms with Gasteiger partial charge < -0.3 is 9.64 Å². The minimum absolute atomic E-state index is 0. The highest BCUT2D eigenvalue weighted by Crippen LogP contribution is 2.37. The lowest BCUT2D eigenvalue weighted by Crippen LogP contribution is -2.43. The monoisotopic (exact) mass is 580 g/mol. The summed E-state index contributed by atoms with van der Waals surface area (Å²) in [5.41, 5.74) is 2.22. The number of aryl methyl sites for hydroxylation is 1. The van der Waals surface area contributed by atoms with E-state index in [1.54, 1.807) is 40.6 Å². The SMILES string of the molecule is CCC1CCCCN1S(=O)(=O)c1ccc(C(=O)N(CCN(C)C)c2nc3c(OC)ccc(C)c3s2)cc1.Cl. The molecule has 0 spiro atoms. The summed E-state index contributed by atoms with van der Waals surface area (Å²) in [6.45, 7) is 5.68. The molecular formula is C27H37ClN4O4S2. The van der Waals surface area contributed by atoms with Crippen LogP contribution in [0.2, 0.25) is 0 Å². The summed E-state index contributed by atoms with van der Waals surface area (Å²) in [6.07, 6.45) is 3.61. The Morgan fingerprint density at radius 3 is 2.47 bits per heavy atom. The molecule has 0 aliphatic carbocycles. The van der Waals surface area contributed by atoms with Crippen LogP contribution in [-0.4, -0.2) is 75.4 Å². The highest BCUT2D eigenvalue weighted by molar-refractivity contribution is 7.89. The number of halogens is 1. The lowest BCUT2D eigenvalue weighted by Gasteiger charge is -2.34. The second kappa shape index (κ2) is 12.7. The van der Waals surface area contributed by atoms with E-state index in [9.17, 15) is 13.2 Å². The predicted octanol–water partition coefficient (Wildman–Crippen LogP) is 5.20. The molecule has 0 N–H and O–H groups in total. The van der Waals surface area contributed by atoms with Crippen LogP contribution in [0.15, 0.2) is 41.3 Å². The van der Waals surface area contributed by atoms with Crippen LogP contribution in [0.4, 0.5) is 5.13 Å². The smallest absolute Gasteiger partial charge is 0.260 e. The van der Waals surface area contributed by atoms with Crippen LogP contribution in [0.25, 0.3) is 10.2 Å². The number of carbonyl (C=O) groups is 1. The van der Waals surface area contributed by atoms with Crippen molar-refractivity contribution in [2.45, 2.75) is 50.5 Å². The molecule has 1 aromatic heterocycles. The van der Waals surface area contributed by atoms with Gasteiger partial charge >= 0.3 is 0 Å². The van der Waals surface area contributed by atoms with Gasteiger partial charge in [-0.3, -0.25) is 9.69 Å². The van der Waals surface area contributed by atoms with E-state index in [0.717, 1.165) is 41.5 Å². The third kappa shape index (κ3) is 6.15. The van der Waals surface area contributed by atoms with Gasteiger partial charge in [-0.05, 0) is 76.2 Å².